The molecule has 0 aliphatic heterocycles. The fourth-order valence-corrected chi connectivity index (χ4v) is 5.17. The van der Waals surface area contributed by atoms with E-state index in [1.54, 1.807) is 32.9 Å². The van der Waals surface area contributed by atoms with Crippen molar-refractivity contribution in [2.24, 2.45) is 0 Å². The molecular weight excluding hydrogens is 391 g/mol. The van der Waals surface area contributed by atoms with E-state index in [2.05, 4.69) is 10.3 Å². The van der Waals surface area contributed by atoms with E-state index in [1.807, 2.05) is 26.0 Å². The summed E-state index contributed by atoms with van der Waals surface area (Å²) >= 11 is 0. The lowest BCUT2D eigenvalue weighted by molar-refractivity contribution is 0.213. The number of ether oxygens (including phenoxy) is 1. The van der Waals surface area contributed by atoms with Crippen molar-refractivity contribution in [3.63, 3.8) is 0 Å². The zero-order valence-corrected chi connectivity index (χ0v) is 18.9. The van der Waals surface area contributed by atoms with E-state index in [0.29, 0.717) is 23.4 Å². The first-order valence-electron chi connectivity index (χ1n) is 9.70. The number of aromatic nitrogens is 1. The van der Waals surface area contributed by atoms with Gasteiger partial charge in [-0.05, 0) is 63.9 Å². The van der Waals surface area contributed by atoms with Gasteiger partial charge in [0.1, 0.15) is 5.66 Å². The molecule has 0 aliphatic carbocycles. The van der Waals surface area contributed by atoms with E-state index >= 15 is 0 Å². The first-order valence-corrected chi connectivity index (χ1v) is 11.3. The number of hydrogen-bond donors (Lipinski definition) is 2. The molecule has 7 nitrogen and oxygen atoms in total. The second-order valence-corrected chi connectivity index (χ2v) is 8.97. The average molecular weight is 422 g/mol. The van der Waals surface area contributed by atoms with Crippen molar-refractivity contribution in [1.82, 2.24) is 4.98 Å². The number of anilines is 1. The Bertz CT molecular complexity index is 878. The van der Waals surface area contributed by atoms with Crippen LogP contribution in [0.3, 0.4) is 0 Å². The van der Waals surface area contributed by atoms with Crippen molar-refractivity contribution in [3.05, 3.63) is 46.8 Å². The van der Waals surface area contributed by atoms with Gasteiger partial charge in [-0.1, -0.05) is 6.07 Å². The van der Waals surface area contributed by atoms with Crippen LogP contribution in [0.1, 0.15) is 42.0 Å². The highest BCUT2D eigenvalue weighted by molar-refractivity contribution is 7.54. The molecule has 1 aromatic carbocycles. The molecule has 0 saturated carbocycles. The van der Waals surface area contributed by atoms with Gasteiger partial charge in [-0.3, -0.25) is 9.55 Å². The minimum absolute atomic E-state index is 0.0594. The van der Waals surface area contributed by atoms with Crippen LogP contribution in [-0.2, 0) is 13.6 Å². The number of phenolic OH excluding ortho intramolecular Hbond substituents is 1. The summed E-state index contributed by atoms with van der Waals surface area (Å²) in [6, 6.07) is 7.33. The van der Waals surface area contributed by atoms with Gasteiger partial charge in [-0.2, -0.15) is 0 Å². The van der Waals surface area contributed by atoms with Gasteiger partial charge in [0.2, 0.25) is 0 Å². The van der Waals surface area contributed by atoms with Gasteiger partial charge in [-0.15, -0.1) is 0 Å². The number of nitrogens with one attached hydrogen (secondary N) is 1. The van der Waals surface area contributed by atoms with Crippen LogP contribution in [0.15, 0.2) is 24.3 Å². The smallest absolute Gasteiger partial charge is 0.339 e. The summed E-state index contributed by atoms with van der Waals surface area (Å²) in [5.74, 6) is 0.377. The fourth-order valence-electron chi connectivity index (χ4n) is 3.19. The first-order chi connectivity index (χ1) is 13.8. The fraction of sp³-hybridized carbons (Fsp3) is 0.476. The SMILES string of the molecule is CCOP(=O)(OCC)C(CNc1ccc(C)nc1C)c1cc(C)c(O)c(OC)c1. The van der Waals surface area contributed by atoms with E-state index in [1.165, 1.54) is 7.11 Å². The van der Waals surface area contributed by atoms with E-state index < -0.39 is 13.3 Å². The molecule has 0 amide bonds. The third-order valence-corrected chi connectivity index (χ3v) is 7.08. The maximum atomic E-state index is 13.7. The molecule has 0 bridgehead atoms. The van der Waals surface area contributed by atoms with Crippen LogP contribution in [0.5, 0.6) is 11.5 Å². The Morgan fingerprint density at radius 2 is 1.79 bits per heavy atom. The molecule has 1 aromatic heterocycles. The number of aromatic hydroxyl groups is 1. The summed E-state index contributed by atoms with van der Waals surface area (Å²) in [4.78, 5) is 4.47. The Morgan fingerprint density at radius 3 is 2.34 bits per heavy atom. The molecule has 2 rings (SSSR count). The predicted molar refractivity (Wildman–Crippen MR) is 115 cm³/mol. The maximum absolute atomic E-state index is 13.7. The first kappa shape index (κ1) is 23.2. The molecule has 8 heteroatoms. The number of methoxy groups -OCH3 is 1. The molecule has 2 N–H and O–H groups in total. The van der Waals surface area contributed by atoms with Gasteiger partial charge in [-0.25, -0.2) is 0 Å². The molecule has 2 aromatic rings. The molecule has 0 fully saturated rings. The summed E-state index contributed by atoms with van der Waals surface area (Å²) < 4.78 is 30.2. The third kappa shape index (κ3) is 5.50. The molecule has 160 valence electrons. The van der Waals surface area contributed by atoms with Crippen LogP contribution in [0, 0.1) is 20.8 Å². The molecule has 1 atom stereocenters. The summed E-state index contributed by atoms with van der Waals surface area (Å²) in [5.41, 5.74) is 3.35. The van der Waals surface area contributed by atoms with Crippen LogP contribution in [-0.4, -0.2) is 37.0 Å². The van der Waals surface area contributed by atoms with Crippen LogP contribution >= 0.6 is 7.60 Å². The van der Waals surface area contributed by atoms with Crippen LogP contribution < -0.4 is 10.1 Å². The van der Waals surface area contributed by atoms with Gasteiger partial charge < -0.3 is 24.2 Å². The second-order valence-electron chi connectivity index (χ2n) is 6.75. The molecular formula is C21H31N2O5P. The van der Waals surface area contributed by atoms with Crippen molar-refractivity contribution < 1.29 is 23.5 Å². The number of phenols is 1. The van der Waals surface area contributed by atoms with Crippen molar-refractivity contribution in [1.29, 1.82) is 0 Å². The van der Waals surface area contributed by atoms with Crippen molar-refractivity contribution in [3.8, 4) is 11.5 Å². The quantitative estimate of drug-likeness (QED) is 0.512. The molecule has 0 saturated heterocycles. The zero-order chi connectivity index (χ0) is 21.6. The summed E-state index contributed by atoms with van der Waals surface area (Å²) in [6.07, 6.45) is 0. The number of hydrogen-bond acceptors (Lipinski definition) is 7. The minimum atomic E-state index is -3.50. The standard InChI is InChI=1S/C21H31N2O5P/c1-7-27-29(25,28-8-2)20(13-22-18-10-9-15(4)23-16(18)5)17-11-14(3)21(24)19(12-17)26-6/h9-12,20,22,24H,7-8,13H2,1-6H3. The van der Waals surface area contributed by atoms with Crippen LogP contribution in [0.4, 0.5) is 5.69 Å². The second kappa shape index (κ2) is 10.1. The lowest BCUT2D eigenvalue weighted by Gasteiger charge is -2.28. The van der Waals surface area contributed by atoms with E-state index in [-0.39, 0.29) is 19.0 Å². The average Bonchev–Trinajstić information content (AvgIpc) is 2.66. The van der Waals surface area contributed by atoms with Gasteiger partial charge in [0, 0.05) is 12.2 Å². The van der Waals surface area contributed by atoms with Gasteiger partial charge >= 0.3 is 7.60 Å². The Morgan fingerprint density at radius 1 is 1.14 bits per heavy atom. The number of benzene rings is 1. The summed E-state index contributed by atoms with van der Waals surface area (Å²) in [5, 5.41) is 13.5. The molecule has 0 aliphatic rings. The van der Waals surface area contributed by atoms with Gasteiger partial charge in [0.05, 0.1) is 31.7 Å². The minimum Gasteiger partial charge on any atom is -0.504 e. The third-order valence-electron chi connectivity index (χ3n) is 4.60. The topological polar surface area (TPSA) is 89.9 Å². The Labute approximate surface area is 173 Å². The van der Waals surface area contributed by atoms with Crippen LogP contribution in [0.25, 0.3) is 0 Å². The van der Waals surface area contributed by atoms with E-state index in [4.69, 9.17) is 13.8 Å². The van der Waals surface area contributed by atoms with Crippen LogP contribution in [0.2, 0.25) is 0 Å². The largest absolute Gasteiger partial charge is 0.504 e. The monoisotopic (exact) mass is 422 g/mol. The molecule has 1 unspecified atom stereocenters. The lowest BCUT2D eigenvalue weighted by atomic mass is 10.1. The lowest BCUT2D eigenvalue weighted by Crippen LogP contribution is -2.17. The van der Waals surface area contributed by atoms with E-state index in [9.17, 15) is 9.67 Å². The van der Waals surface area contributed by atoms with Crippen molar-refractivity contribution in [2.45, 2.75) is 40.3 Å². The number of pyridine rings is 1. The molecule has 1 heterocycles. The normalized spacial score (nSPS) is 12.6. The van der Waals surface area contributed by atoms with Crippen molar-refractivity contribution in [2.75, 3.05) is 32.2 Å². The molecule has 0 spiro atoms. The van der Waals surface area contributed by atoms with E-state index in [0.717, 1.165) is 17.1 Å². The van der Waals surface area contributed by atoms with Crippen molar-refractivity contribution >= 4 is 13.3 Å². The highest BCUT2D eigenvalue weighted by atomic mass is 31.2. The highest BCUT2D eigenvalue weighted by Gasteiger charge is 2.37. The number of nitrogens with zero attached hydrogens (tertiary/aromatic N) is 1. The maximum Gasteiger partial charge on any atom is 0.339 e. The summed E-state index contributed by atoms with van der Waals surface area (Å²) in [6.45, 7) is 10.0. The number of rotatable bonds is 10. The zero-order valence-electron chi connectivity index (χ0n) is 18.0. The molecule has 0 radical (unpaired) electrons. The Kier molecular flexibility index (Phi) is 8.08. The Balaban J connectivity index is 2.48. The predicted octanol–water partition coefficient (Wildman–Crippen LogP) is 5.14. The highest BCUT2D eigenvalue weighted by Crippen LogP contribution is 2.61. The van der Waals surface area contributed by atoms with Gasteiger partial charge in [0.15, 0.2) is 11.5 Å². The molecule has 29 heavy (non-hydrogen) atoms. The van der Waals surface area contributed by atoms with Gasteiger partial charge in [0.25, 0.3) is 0 Å². The summed E-state index contributed by atoms with van der Waals surface area (Å²) in [7, 11) is -2.01. The Hall–Kier alpha value is -2.08. The number of aryl methyl sites for hydroxylation is 3.